The number of benzene rings is 1. The van der Waals surface area contributed by atoms with Crippen LogP contribution in [0.5, 0.6) is 5.75 Å². The molecule has 0 unspecified atom stereocenters. The van der Waals surface area contributed by atoms with E-state index in [9.17, 15) is 4.79 Å². The summed E-state index contributed by atoms with van der Waals surface area (Å²) in [5.74, 6) is 0.656. The largest absolute Gasteiger partial charge is 0.494 e. The molecule has 7 nitrogen and oxygen atoms in total. The molecule has 0 atom stereocenters. The zero-order valence-electron chi connectivity index (χ0n) is 18.7. The van der Waals surface area contributed by atoms with E-state index in [2.05, 4.69) is 30.8 Å². The van der Waals surface area contributed by atoms with Crippen molar-refractivity contribution in [2.75, 3.05) is 38.2 Å². The van der Waals surface area contributed by atoms with Gasteiger partial charge in [-0.05, 0) is 51.6 Å². The first kappa shape index (κ1) is 22.2. The Morgan fingerprint density at radius 2 is 1.90 bits per heavy atom. The molecule has 8 heteroatoms. The molecular formula is C22H31N5O2S. The van der Waals surface area contributed by atoms with Gasteiger partial charge in [-0.25, -0.2) is 4.98 Å². The van der Waals surface area contributed by atoms with Gasteiger partial charge in [-0.3, -0.25) is 14.4 Å². The highest BCUT2D eigenvalue weighted by Crippen LogP contribution is 2.36. The lowest BCUT2D eigenvalue weighted by atomic mass is 10.2. The van der Waals surface area contributed by atoms with Crippen molar-refractivity contribution in [3.05, 3.63) is 35.2 Å². The Hall–Kier alpha value is -2.45. The van der Waals surface area contributed by atoms with Gasteiger partial charge in [0.2, 0.25) is 0 Å². The minimum absolute atomic E-state index is 0.0692. The fourth-order valence-corrected chi connectivity index (χ4v) is 4.62. The van der Waals surface area contributed by atoms with Gasteiger partial charge < -0.3 is 9.64 Å². The number of hydrogen-bond acceptors (Lipinski definition) is 6. The van der Waals surface area contributed by atoms with Gasteiger partial charge >= 0.3 is 0 Å². The number of nitrogens with zero attached hydrogens (tertiary/aromatic N) is 5. The van der Waals surface area contributed by atoms with Gasteiger partial charge in [0.25, 0.3) is 5.91 Å². The van der Waals surface area contributed by atoms with Crippen LogP contribution < -0.4 is 9.64 Å². The maximum atomic E-state index is 13.6. The second-order valence-electron chi connectivity index (χ2n) is 7.23. The molecule has 0 radical (unpaired) electrons. The van der Waals surface area contributed by atoms with E-state index in [4.69, 9.17) is 9.72 Å². The highest BCUT2D eigenvalue weighted by atomic mass is 32.1. The van der Waals surface area contributed by atoms with Crippen molar-refractivity contribution in [2.45, 2.75) is 41.2 Å². The van der Waals surface area contributed by atoms with Crippen LogP contribution in [0.1, 0.15) is 42.5 Å². The van der Waals surface area contributed by atoms with E-state index in [0.29, 0.717) is 23.9 Å². The van der Waals surface area contributed by atoms with E-state index in [1.54, 1.807) is 16.7 Å². The number of aromatic nitrogens is 3. The number of rotatable bonds is 9. The van der Waals surface area contributed by atoms with Crippen molar-refractivity contribution in [3.8, 4) is 5.75 Å². The number of ether oxygens (including phenoxy) is 1. The molecule has 1 aromatic carbocycles. The maximum Gasteiger partial charge on any atom is 0.278 e. The van der Waals surface area contributed by atoms with Gasteiger partial charge in [-0.15, -0.1) is 0 Å². The van der Waals surface area contributed by atoms with Crippen molar-refractivity contribution in [3.63, 3.8) is 0 Å². The molecule has 0 saturated carbocycles. The predicted molar refractivity (Wildman–Crippen MR) is 123 cm³/mol. The fraction of sp³-hybridized carbons (Fsp3) is 0.500. The Kier molecular flexibility index (Phi) is 7.10. The normalized spacial score (nSPS) is 11.4. The highest BCUT2D eigenvalue weighted by molar-refractivity contribution is 7.22. The molecule has 2 heterocycles. The number of likely N-dealkylation sites (N-methyl/N-ethyl adjacent to an activating group) is 1. The summed E-state index contributed by atoms with van der Waals surface area (Å²) in [7, 11) is 1.65. The number of thiazole rings is 1. The Balaban J connectivity index is 2.06. The third kappa shape index (κ3) is 4.34. The van der Waals surface area contributed by atoms with E-state index in [1.165, 1.54) is 11.3 Å². The lowest BCUT2D eigenvalue weighted by Crippen LogP contribution is -2.39. The van der Waals surface area contributed by atoms with E-state index in [1.807, 2.05) is 32.0 Å². The van der Waals surface area contributed by atoms with Crippen molar-refractivity contribution in [1.29, 1.82) is 0 Å². The van der Waals surface area contributed by atoms with Crippen LogP contribution in [-0.2, 0) is 6.54 Å². The maximum absolute atomic E-state index is 13.6. The number of carbonyl (C=O) groups is 1. The molecule has 0 N–H and O–H groups in total. The summed E-state index contributed by atoms with van der Waals surface area (Å²) < 4.78 is 8.32. The minimum atomic E-state index is -0.0692. The Morgan fingerprint density at radius 3 is 2.53 bits per heavy atom. The summed E-state index contributed by atoms with van der Waals surface area (Å²) in [5, 5.41) is 5.15. The smallest absolute Gasteiger partial charge is 0.278 e. The molecule has 0 bridgehead atoms. The van der Waals surface area contributed by atoms with E-state index < -0.39 is 0 Å². The van der Waals surface area contributed by atoms with Gasteiger partial charge in [0.15, 0.2) is 5.13 Å². The Bertz CT molecular complexity index is 1020. The quantitative estimate of drug-likeness (QED) is 0.512. The molecule has 0 saturated heterocycles. The standard InChI is InChI=1S/C22H31N5O2S/c1-7-25(8-2)12-13-26(21(28)17-14-16(5)24-27(17)9-3)22-23-19-18(29-6)11-10-15(4)20(19)30-22/h10-11,14H,7-9,12-13H2,1-6H3. The van der Waals surface area contributed by atoms with Gasteiger partial charge in [0, 0.05) is 19.6 Å². The zero-order valence-corrected chi connectivity index (χ0v) is 19.5. The summed E-state index contributed by atoms with van der Waals surface area (Å²) in [4.78, 5) is 22.6. The van der Waals surface area contributed by atoms with Crippen LogP contribution in [0, 0.1) is 13.8 Å². The summed E-state index contributed by atoms with van der Waals surface area (Å²) in [6.07, 6.45) is 0. The van der Waals surface area contributed by atoms with Crippen molar-refractivity contribution < 1.29 is 9.53 Å². The molecule has 162 valence electrons. The molecule has 0 fully saturated rings. The first-order chi connectivity index (χ1) is 14.4. The SMILES string of the molecule is CCN(CC)CCN(C(=O)c1cc(C)nn1CC)c1nc2c(OC)ccc(C)c2s1. The third-order valence-corrected chi connectivity index (χ3v) is 6.56. The molecule has 0 aliphatic carbocycles. The molecule has 1 amide bonds. The number of aryl methyl sites for hydroxylation is 3. The second kappa shape index (κ2) is 9.57. The first-order valence-corrected chi connectivity index (χ1v) is 11.3. The molecule has 3 rings (SSSR count). The van der Waals surface area contributed by atoms with Crippen LogP contribution in [0.15, 0.2) is 18.2 Å². The molecule has 30 heavy (non-hydrogen) atoms. The van der Waals surface area contributed by atoms with Gasteiger partial charge in [0.05, 0.1) is 17.5 Å². The Morgan fingerprint density at radius 1 is 1.17 bits per heavy atom. The molecule has 0 aliphatic heterocycles. The summed E-state index contributed by atoms with van der Waals surface area (Å²) in [5.41, 5.74) is 3.36. The fourth-order valence-electron chi connectivity index (χ4n) is 3.54. The van der Waals surface area contributed by atoms with Crippen molar-refractivity contribution in [1.82, 2.24) is 19.7 Å². The van der Waals surface area contributed by atoms with Gasteiger partial charge in [0.1, 0.15) is 17.0 Å². The minimum Gasteiger partial charge on any atom is -0.494 e. The van der Waals surface area contributed by atoms with Crippen LogP contribution in [-0.4, -0.2) is 58.9 Å². The number of methoxy groups -OCH3 is 1. The highest BCUT2D eigenvalue weighted by Gasteiger charge is 2.26. The first-order valence-electron chi connectivity index (χ1n) is 10.5. The molecular weight excluding hydrogens is 398 g/mol. The van der Waals surface area contributed by atoms with Crippen LogP contribution >= 0.6 is 11.3 Å². The van der Waals surface area contributed by atoms with Crippen LogP contribution in [0.4, 0.5) is 5.13 Å². The number of fused-ring (bicyclic) bond motifs is 1. The van der Waals surface area contributed by atoms with Crippen molar-refractivity contribution in [2.24, 2.45) is 0 Å². The molecule has 0 aliphatic rings. The number of hydrogen-bond donors (Lipinski definition) is 0. The molecule has 2 aromatic heterocycles. The van der Waals surface area contributed by atoms with Gasteiger partial charge in [-0.2, -0.15) is 5.10 Å². The van der Waals surface area contributed by atoms with E-state index >= 15 is 0 Å². The molecule has 0 spiro atoms. The Labute approximate surface area is 182 Å². The summed E-state index contributed by atoms with van der Waals surface area (Å²) >= 11 is 1.54. The zero-order chi connectivity index (χ0) is 21.8. The molecule has 3 aromatic rings. The monoisotopic (exact) mass is 429 g/mol. The lowest BCUT2D eigenvalue weighted by Gasteiger charge is -2.24. The lowest BCUT2D eigenvalue weighted by molar-refractivity contribution is 0.0973. The topological polar surface area (TPSA) is 63.5 Å². The summed E-state index contributed by atoms with van der Waals surface area (Å²) in [6, 6.07) is 5.81. The predicted octanol–water partition coefficient (Wildman–Crippen LogP) is 4.13. The van der Waals surface area contributed by atoms with E-state index in [-0.39, 0.29) is 5.91 Å². The third-order valence-electron chi connectivity index (χ3n) is 5.34. The van der Waals surface area contributed by atoms with Crippen LogP contribution in [0.2, 0.25) is 0 Å². The average molecular weight is 430 g/mol. The average Bonchev–Trinajstić information content (AvgIpc) is 3.35. The number of carbonyl (C=O) groups excluding carboxylic acids is 1. The second-order valence-corrected chi connectivity index (χ2v) is 8.21. The number of amides is 1. The van der Waals surface area contributed by atoms with E-state index in [0.717, 1.165) is 46.9 Å². The summed E-state index contributed by atoms with van der Waals surface area (Å²) in [6.45, 7) is 14.1. The van der Waals surface area contributed by atoms with Crippen molar-refractivity contribution >= 4 is 32.6 Å². The number of anilines is 1. The van der Waals surface area contributed by atoms with Crippen LogP contribution in [0.3, 0.4) is 0 Å². The van der Waals surface area contributed by atoms with Gasteiger partial charge in [-0.1, -0.05) is 31.3 Å². The van der Waals surface area contributed by atoms with Crippen LogP contribution in [0.25, 0.3) is 10.2 Å².